The molecule has 7 heteroatoms. The number of hydrogen-bond acceptors (Lipinski definition) is 6. The van der Waals surface area contributed by atoms with Crippen molar-refractivity contribution in [2.24, 2.45) is 4.99 Å². The van der Waals surface area contributed by atoms with Crippen molar-refractivity contribution in [2.45, 2.75) is 18.7 Å². The lowest BCUT2D eigenvalue weighted by Gasteiger charge is -2.20. The molecule has 0 spiro atoms. The molecule has 1 saturated heterocycles. The van der Waals surface area contributed by atoms with Gasteiger partial charge in [0.15, 0.2) is 5.17 Å². The van der Waals surface area contributed by atoms with Gasteiger partial charge in [-0.3, -0.25) is 9.69 Å². The lowest BCUT2D eigenvalue weighted by molar-refractivity contribution is -0.121. The maximum absolute atomic E-state index is 13.3. The summed E-state index contributed by atoms with van der Waals surface area (Å²) in [5, 5.41) is 1.64. The summed E-state index contributed by atoms with van der Waals surface area (Å²) in [5.41, 5.74) is 3.13. The molecule has 0 aromatic heterocycles. The fraction of sp³-hybridized carbons (Fsp3) is 0.250. The van der Waals surface area contributed by atoms with Crippen LogP contribution < -0.4 is 9.80 Å². The number of carbonyl (C=O) groups is 1. The molecular formula is C24H26N4OS2. The molecule has 0 radical (unpaired) electrons. The van der Waals surface area contributed by atoms with Gasteiger partial charge in [-0.1, -0.05) is 30.0 Å². The number of thioether (sulfide) groups is 2. The highest BCUT2D eigenvalue weighted by Crippen LogP contribution is 2.49. The minimum Gasteiger partial charge on any atom is -0.372 e. The van der Waals surface area contributed by atoms with Crippen molar-refractivity contribution in [3.05, 3.63) is 71.1 Å². The van der Waals surface area contributed by atoms with Crippen LogP contribution in [0.3, 0.4) is 0 Å². The van der Waals surface area contributed by atoms with Crippen LogP contribution in [0.15, 0.2) is 81.0 Å². The van der Waals surface area contributed by atoms with Gasteiger partial charge in [-0.25, -0.2) is 4.99 Å². The Bertz CT molecular complexity index is 1060. The van der Waals surface area contributed by atoms with Gasteiger partial charge in [0.2, 0.25) is 0 Å². The van der Waals surface area contributed by atoms with Crippen LogP contribution >= 0.6 is 23.5 Å². The van der Waals surface area contributed by atoms with Gasteiger partial charge >= 0.3 is 0 Å². The number of anilines is 2. The molecule has 0 atom stereocenters. The van der Waals surface area contributed by atoms with E-state index in [0.29, 0.717) is 16.6 Å². The molecule has 160 valence electrons. The van der Waals surface area contributed by atoms with Gasteiger partial charge in [0.05, 0.1) is 16.4 Å². The zero-order valence-electron chi connectivity index (χ0n) is 18.0. The van der Waals surface area contributed by atoms with Gasteiger partial charge in [-0.2, -0.15) is 0 Å². The van der Waals surface area contributed by atoms with Crippen LogP contribution in [0.2, 0.25) is 0 Å². The molecule has 2 aromatic carbocycles. The van der Waals surface area contributed by atoms with Crippen LogP contribution in [0.1, 0.15) is 13.8 Å². The van der Waals surface area contributed by atoms with E-state index in [1.165, 1.54) is 17.4 Å². The van der Waals surface area contributed by atoms with Crippen molar-refractivity contribution in [3.8, 4) is 0 Å². The highest BCUT2D eigenvalue weighted by atomic mass is 32.2. The zero-order chi connectivity index (χ0) is 22.0. The Hall–Kier alpha value is -2.64. The highest BCUT2D eigenvalue weighted by molar-refractivity contribution is 8.19. The van der Waals surface area contributed by atoms with Crippen molar-refractivity contribution in [3.63, 3.8) is 0 Å². The second-order valence-corrected chi connectivity index (χ2v) is 9.16. The summed E-state index contributed by atoms with van der Waals surface area (Å²) < 4.78 is 0. The number of amidine groups is 1. The average molecular weight is 451 g/mol. The smallest absolute Gasteiger partial charge is 0.269 e. The SMILES string of the molecule is C=CCN1C(=O)/C(=C2/Sc3ccccc3N2C)SC1=Nc1ccc(N(CC)CC)cc1. The van der Waals surface area contributed by atoms with Gasteiger partial charge < -0.3 is 9.80 Å². The maximum Gasteiger partial charge on any atom is 0.269 e. The normalized spacial score (nSPS) is 19.3. The molecular weight excluding hydrogens is 424 g/mol. The number of nitrogens with zero attached hydrogens (tertiary/aromatic N) is 4. The molecule has 4 rings (SSSR count). The third kappa shape index (κ3) is 4.12. The van der Waals surface area contributed by atoms with Crippen LogP contribution in [-0.2, 0) is 4.79 Å². The number of carbonyl (C=O) groups excluding carboxylic acids is 1. The molecule has 0 unspecified atom stereocenters. The van der Waals surface area contributed by atoms with Gasteiger partial charge in [0, 0.05) is 37.3 Å². The van der Waals surface area contributed by atoms with Crippen molar-refractivity contribution in [2.75, 3.05) is 36.5 Å². The van der Waals surface area contributed by atoms with Crippen molar-refractivity contribution < 1.29 is 4.79 Å². The monoisotopic (exact) mass is 450 g/mol. The number of rotatable bonds is 6. The first-order valence-corrected chi connectivity index (χ1v) is 12.0. The average Bonchev–Trinajstić information content (AvgIpc) is 3.28. The van der Waals surface area contributed by atoms with Crippen LogP contribution in [0.5, 0.6) is 0 Å². The summed E-state index contributed by atoms with van der Waals surface area (Å²) in [4.78, 5) is 26.0. The topological polar surface area (TPSA) is 39.2 Å². The van der Waals surface area contributed by atoms with Crippen LogP contribution in [0.25, 0.3) is 0 Å². The first-order valence-electron chi connectivity index (χ1n) is 10.4. The first kappa shape index (κ1) is 21.6. The summed E-state index contributed by atoms with van der Waals surface area (Å²) in [5.74, 6) is -0.0226. The second-order valence-electron chi connectivity index (χ2n) is 7.15. The molecule has 0 bridgehead atoms. The van der Waals surface area contributed by atoms with E-state index in [4.69, 9.17) is 4.99 Å². The van der Waals surface area contributed by atoms with E-state index in [1.807, 2.05) is 31.3 Å². The Kier molecular flexibility index (Phi) is 6.43. The summed E-state index contributed by atoms with van der Waals surface area (Å²) in [6, 6.07) is 16.4. The first-order chi connectivity index (χ1) is 15.1. The number of benzene rings is 2. The lowest BCUT2D eigenvalue weighted by atomic mass is 10.2. The van der Waals surface area contributed by atoms with Gasteiger partial charge in [0.25, 0.3) is 5.91 Å². The fourth-order valence-corrected chi connectivity index (χ4v) is 6.00. The van der Waals surface area contributed by atoms with Gasteiger partial charge in [0.1, 0.15) is 4.91 Å². The molecule has 5 nitrogen and oxygen atoms in total. The zero-order valence-corrected chi connectivity index (χ0v) is 19.7. The number of para-hydroxylation sites is 1. The molecule has 0 aliphatic carbocycles. The quantitative estimate of drug-likeness (QED) is 0.417. The predicted molar refractivity (Wildman–Crippen MR) is 134 cm³/mol. The lowest BCUT2D eigenvalue weighted by Crippen LogP contribution is -2.29. The van der Waals surface area contributed by atoms with E-state index >= 15 is 0 Å². The summed E-state index contributed by atoms with van der Waals surface area (Å²) in [6.07, 6.45) is 1.74. The third-order valence-electron chi connectivity index (χ3n) is 5.31. The third-order valence-corrected chi connectivity index (χ3v) is 7.74. The molecule has 0 N–H and O–H groups in total. The molecule has 2 aliphatic rings. The van der Waals surface area contributed by atoms with Crippen LogP contribution in [-0.4, -0.2) is 42.7 Å². The van der Waals surface area contributed by atoms with E-state index in [1.54, 1.807) is 22.7 Å². The van der Waals surface area contributed by atoms with Gasteiger partial charge in [-0.05, 0) is 62.0 Å². The minimum atomic E-state index is -0.0226. The summed E-state index contributed by atoms with van der Waals surface area (Å²) >= 11 is 3.07. The number of aliphatic imine (C=N–C) groups is 1. The Morgan fingerprint density at radius 1 is 1.06 bits per heavy atom. The van der Waals surface area contributed by atoms with Gasteiger partial charge in [-0.15, -0.1) is 6.58 Å². The van der Waals surface area contributed by atoms with E-state index < -0.39 is 0 Å². The number of amides is 1. The number of fused-ring (bicyclic) bond motifs is 1. The Morgan fingerprint density at radius 2 is 1.77 bits per heavy atom. The minimum absolute atomic E-state index is 0.0226. The molecule has 2 aromatic rings. The van der Waals surface area contributed by atoms with Crippen LogP contribution in [0.4, 0.5) is 17.1 Å². The second kappa shape index (κ2) is 9.24. The van der Waals surface area contributed by atoms with E-state index in [0.717, 1.165) is 34.4 Å². The molecule has 31 heavy (non-hydrogen) atoms. The standard InChI is InChI=1S/C24H26N4OS2/c1-5-16-28-22(29)21(23-26(4)19-10-8-9-11-20(19)30-23)31-24(28)25-17-12-14-18(15-13-17)27(6-2)7-3/h5,8-15H,1,6-7,16H2,2-4H3/b23-21-,25-24?. The Labute approximate surface area is 192 Å². The van der Waals surface area contributed by atoms with E-state index in [2.05, 4.69) is 54.5 Å². The maximum atomic E-state index is 13.3. The van der Waals surface area contributed by atoms with Crippen molar-refractivity contribution in [1.82, 2.24) is 4.90 Å². The molecule has 2 heterocycles. The van der Waals surface area contributed by atoms with E-state index in [-0.39, 0.29) is 5.91 Å². The molecule has 2 aliphatic heterocycles. The van der Waals surface area contributed by atoms with Crippen molar-refractivity contribution in [1.29, 1.82) is 0 Å². The molecule has 1 amide bonds. The summed E-state index contributed by atoms with van der Waals surface area (Å²) in [6.45, 7) is 10.5. The fourth-order valence-electron chi connectivity index (χ4n) is 3.65. The van der Waals surface area contributed by atoms with Crippen molar-refractivity contribution >= 4 is 51.7 Å². The van der Waals surface area contributed by atoms with E-state index in [9.17, 15) is 4.79 Å². The largest absolute Gasteiger partial charge is 0.372 e. The Balaban J connectivity index is 1.66. The molecule has 1 fully saturated rings. The summed E-state index contributed by atoms with van der Waals surface area (Å²) in [7, 11) is 2.01. The Morgan fingerprint density at radius 3 is 2.42 bits per heavy atom. The van der Waals surface area contributed by atoms with Crippen LogP contribution in [0, 0.1) is 0 Å². The highest BCUT2D eigenvalue weighted by Gasteiger charge is 2.38. The predicted octanol–water partition coefficient (Wildman–Crippen LogP) is 5.69. The number of hydrogen-bond donors (Lipinski definition) is 0. The molecule has 0 saturated carbocycles.